The summed E-state index contributed by atoms with van der Waals surface area (Å²) in [5.74, 6) is 0.0703. The lowest BCUT2D eigenvalue weighted by molar-refractivity contribution is -0.936. The summed E-state index contributed by atoms with van der Waals surface area (Å²) in [5, 5.41) is 0. The van der Waals surface area contributed by atoms with Crippen molar-refractivity contribution in [3.63, 3.8) is 0 Å². The molecule has 1 unspecified atom stereocenters. The molecular formula is C16H23N2O4S2+. The van der Waals surface area contributed by atoms with E-state index in [1.807, 2.05) is 4.57 Å². The van der Waals surface area contributed by atoms with Crippen LogP contribution in [0.1, 0.15) is 20.8 Å². The molecule has 0 saturated carbocycles. The molecule has 1 fully saturated rings. The molecule has 2 aromatic rings. The zero-order chi connectivity index (χ0) is 17.5. The van der Waals surface area contributed by atoms with Gasteiger partial charge in [0.05, 0.1) is 16.2 Å². The Morgan fingerprint density at radius 1 is 1.29 bits per heavy atom. The summed E-state index contributed by atoms with van der Waals surface area (Å²) in [5.41, 5.74) is 1.35. The highest BCUT2D eigenvalue weighted by molar-refractivity contribution is 7.91. The van der Waals surface area contributed by atoms with Gasteiger partial charge in [0.1, 0.15) is 25.3 Å². The molecule has 1 aliphatic rings. The van der Waals surface area contributed by atoms with Crippen molar-refractivity contribution >= 4 is 33.2 Å². The minimum Gasteiger partial charge on any atom is -0.429 e. The number of ether oxygens (including phenoxy) is 1. The number of quaternary nitrogens is 1. The van der Waals surface area contributed by atoms with Gasteiger partial charge in [-0.25, -0.2) is 8.42 Å². The summed E-state index contributed by atoms with van der Waals surface area (Å²) in [6.45, 7) is 8.17. The summed E-state index contributed by atoms with van der Waals surface area (Å²) in [6, 6.07) is 4.93. The third-order valence-corrected chi connectivity index (χ3v) is 6.41. The van der Waals surface area contributed by atoms with Gasteiger partial charge in [0, 0.05) is 0 Å². The Morgan fingerprint density at radius 3 is 2.58 bits per heavy atom. The molecule has 0 spiro atoms. The lowest BCUT2D eigenvalue weighted by Gasteiger charge is -2.32. The highest BCUT2D eigenvalue weighted by Gasteiger charge is 2.26. The Morgan fingerprint density at radius 2 is 1.96 bits per heavy atom. The Labute approximate surface area is 146 Å². The molecule has 1 saturated heterocycles. The van der Waals surface area contributed by atoms with Crippen molar-refractivity contribution in [3.8, 4) is 0 Å². The topological polar surface area (TPSA) is 65.9 Å². The predicted molar refractivity (Wildman–Crippen MR) is 93.5 cm³/mol. The second-order valence-electron chi connectivity index (χ2n) is 6.40. The molecule has 0 amide bonds. The fourth-order valence-electron chi connectivity index (χ4n) is 3.29. The van der Waals surface area contributed by atoms with Crippen molar-refractivity contribution in [2.75, 3.05) is 18.8 Å². The number of hydrogen-bond donors (Lipinski definition) is 1. The molecule has 3 atom stereocenters. The minimum absolute atomic E-state index is 0.0703. The maximum absolute atomic E-state index is 12.2. The second-order valence-corrected chi connectivity index (χ2v) is 9.03. The van der Waals surface area contributed by atoms with Gasteiger partial charge in [0.15, 0.2) is 22.1 Å². The summed E-state index contributed by atoms with van der Waals surface area (Å²) < 4.78 is 37.6. The number of nitrogens with one attached hydrogen (secondary N) is 1. The Hall–Kier alpha value is -1.22. The van der Waals surface area contributed by atoms with Crippen LogP contribution in [0.5, 0.6) is 0 Å². The number of fused-ring (bicyclic) bond motifs is 1. The van der Waals surface area contributed by atoms with Crippen LogP contribution < -0.4 is 4.90 Å². The molecule has 1 N–H and O–H groups in total. The zero-order valence-corrected chi connectivity index (χ0v) is 15.7. The number of oxazole rings is 1. The monoisotopic (exact) mass is 371 g/mol. The molecule has 0 aliphatic carbocycles. The quantitative estimate of drug-likeness (QED) is 0.823. The average molecular weight is 372 g/mol. The molecule has 2 heterocycles. The second kappa shape index (κ2) is 6.59. The molecular weight excluding hydrogens is 348 g/mol. The Balaban J connectivity index is 1.99. The van der Waals surface area contributed by atoms with Gasteiger partial charge >= 0.3 is 0 Å². The van der Waals surface area contributed by atoms with Crippen LogP contribution in [0.25, 0.3) is 11.1 Å². The molecule has 24 heavy (non-hydrogen) atoms. The Bertz CT molecular complexity index is 890. The smallest absolute Gasteiger partial charge is 0.274 e. The molecule has 6 nitrogen and oxygen atoms in total. The maximum atomic E-state index is 12.2. The van der Waals surface area contributed by atoms with E-state index in [-0.39, 0.29) is 18.0 Å². The summed E-state index contributed by atoms with van der Waals surface area (Å²) in [4.78, 5) is 2.01. The first-order valence-electron chi connectivity index (χ1n) is 8.15. The fourth-order valence-corrected chi connectivity index (χ4v) is 4.45. The molecule has 1 aromatic heterocycles. The van der Waals surface area contributed by atoms with Crippen molar-refractivity contribution in [2.24, 2.45) is 0 Å². The molecule has 3 rings (SSSR count). The highest BCUT2D eigenvalue weighted by Crippen LogP contribution is 2.22. The normalized spacial score (nSPS) is 25.2. The van der Waals surface area contributed by atoms with Crippen LogP contribution >= 0.6 is 12.2 Å². The number of hydrogen-bond acceptors (Lipinski definition) is 5. The lowest BCUT2D eigenvalue weighted by Crippen LogP contribution is -3.14. The molecule has 0 radical (unpaired) electrons. The fraction of sp³-hybridized carbons (Fsp3) is 0.562. The SMILES string of the molecule is CCS(=O)(=O)c1ccc2oc(=S)n(C[NH+]3C[C@@H](C)O[C@@H](C)C3)c2c1. The predicted octanol–water partition coefficient (Wildman–Crippen LogP) is 1.41. The highest BCUT2D eigenvalue weighted by atomic mass is 32.2. The van der Waals surface area contributed by atoms with Crippen molar-refractivity contribution in [2.45, 2.75) is 44.5 Å². The maximum Gasteiger partial charge on any atom is 0.274 e. The van der Waals surface area contributed by atoms with Gasteiger partial charge in [0.25, 0.3) is 4.84 Å². The first-order chi connectivity index (χ1) is 11.3. The Kier molecular flexibility index (Phi) is 4.83. The van der Waals surface area contributed by atoms with E-state index in [1.54, 1.807) is 25.1 Å². The van der Waals surface area contributed by atoms with Crippen LogP contribution in [0.3, 0.4) is 0 Å². The zero-order valence-electron chi connectivity index (χ0n) is 14.1. The summed E-state index contributed by atoms with van der Waals surface area (Å²) in [6.07, 6.45) is 0.374. The van der Waals surface area contributed by atoms with E-state index in [1.165, 1.54) is 4.90 Å². The van der Waals surface area contributed by atoms with Gasteiger partial charge in [-0.1, -0.05) is 6.92 Å². The number of rotatable bonds is 4. The van der Waals surface area contributed by atoms with Crippen molar-refractivity contribution < 1.29 is 22.5 Å². The molecule has 1 aromatic carbocycles. The number of sulfone groups is 1. The van der Waals surface area contributed by atoms with Crippen LogP contribution in [0.15, 0.2) is 27.5 Å². The molecule has 132 valence electrons. The van der Waals surface area contributed by atoms with Crippen molar-refractivity contribution in [3.05, 3.63) is 23.0 Å². The van der Waals surface area contributed by atoms with Crippen LogP contribution in [0.4, 0.5) is 0 Å². The largest absolute Gasteiger partial charge is 0.429 e. The van der Waals surface area contributed by atoms with E-state index in [4.69, 9.17) is 21.4 Å². The number of morpholine rings is 1. The van der Waals surface area contributed by atoms with Gasteiger partial charge in [-0.05, 0) is 44.3 Å². The number of benzene rings is 1. The van der Waals surface area contributed by atoms with Gasteiger partial charge in [-0.3, -0.25) is 4.57 Å². The lowest BCUT2D eigenvalue weighted by atomic mass is 10.2. The van der Waals surface area contributed by atoms with Crippen LogP contribution in [0, 0.1) is 4.84 Å². The average Bonchev–Trinajstić information content (AvgIpc) is 2.81. The molecule has 0 bridgehead atoms. The van der Waals surface area contributed by atoms with Crippen molar-refractivity contribution in [1.82, 2.24) is 4.57 Å². The standard InChI is InChI=1S/C16H22N2O4S2/c1-4-24(19,20)13-5-6-15-14(7-13)18(16(23)22-15)10-17-8-11(2)21-12(3)9-17/h5-7,11-12H,4,8-10H2,1-3H3/p+1/t11-,12+. The molecule has 8 heteroatoms. The van der Waals surface area contributed by atoms with Crippen molar-refractivity contribution in [1.29, 1.82) is 0 Å². The molecule has 1 aliphatic heterocycles. The first-order valence-corrected chi connectivity index (χ1v) is 10.2. The third-order valence-electron chi connectivity index (χ3n) is 4.38. The van der Waals surface area contributed by atoms with Crippen LogP contribution in [0.2, 0.25) is 0 Å². The van der Waals surface area contributed by atoms with E-state index < -0.39 is 9.84 Å². The number of nitrogens with zero attached hydrogens (tertiary/aromatic N) is 1. The van der Waals surface area contributed by atoms with Gasteiger partial charge < -0.3 is 14.1 Å². The van der Waals surface area contributed by atoms with Gasteiger partial charge in [0.2, 0.25) is 0 Å². The van der Waals surface area contributed by atoms with E-state index in [0.29, 0.717) is 22.0 Å². The van der Waals surface area contributed by atoms with Crippen LogP contribution in [-0.2, 0) is 21.2 Å². The summed E-state index contributed by atoms with van der Waals surface area (Å²) in [7, 11) is -3.26. The minimum atomic E-state index is -3.26. The third kappa shape index (κ3) is 3.42. The van der Waals surface area contributed by atoms with E-state index in [2.05, 4.69) is 13.8 Å². The van der Waals surface area contributed by atoms with Crippen LogP contribution in [-0.4, -0.2) is 44.0 Å². The first kappa shape index (κ1) is 17.6. The van der Waals surface area contributed by atoms with E-state index >= 15 is 0 Å². The number of aromatic nitrogens is 1. The van der Waals surface area contributed by atoms with E-state index in [0.717, 1.165) is 18.6 Å². The van der Waals surface area contributed by atoms with E-state index in [9.17, 15) is 8.42 Å². The summed E-state index contributed by atoms with van der Waals surface area (Å²) >= 11 is 5.35. The van der Waals surface area contributed by atoms with Gasteiger partial charge in [-0.15, -0.1) is 0 Å². The van der Waals surface area contributed by atoms with Gasteiger partial charge in [-0.2, -0.15) is 0 Å².